The van der Waals surface area contributed by atoms with Gasteiger partial charge in [0.1, 0.15) is 0 Å². The van der Waals surface area contributed by atoms with Gasteiger partial charge < -0.3 is 0 Å². The predicted octanol–water partition coefficient (Wildman–Crippen LogP) is 4.77. The van der Waals surface area contributed by atoms with E-state index in [9.17, 15) is 4.79 Å². The Morgan fingerprint density at radius 2 is 2.26 bits per heavy atom. The fourth-order valence-corrected chi connectivity index (χ4v) is 3.46. The van der Waals surface area contributed by atoms with E-state index in [0.717, 1.165) is 18.5 Å². The van der Waals surface area contributed by atoms with Gasteiger partial charge in [0.15, 0.2) is 0 Å². The molecule has 0 spiro atoms. The molecule has 0 saturated carbocycles. The Balaban J connectivity index is 2.44. The number of carbonyl (C=O) groups is 1. The summed E-state index contributed by atoms with van der Waals surface area (Å²) in [6.07, 6.45) is 10.6. The maximum atomic E-state index is 12.4. The van der Waals surface area contributed by atoms with Gasteiger partial charge in [-0.05, 0) is 35.6 Å². The number of rotatable bonds is 4. The third-order valence-corrected chi connectivity index (χ3v) is 4.53. The minimum absolute atomic E-state index is 0.0394. The molecule has 0 radical (unpaired) electrons. The fourth-order valence-electron chi connectivity index (χ4n) is 1.66. The van der Waals surface area contributed by atoms with Crippen LogP contribution in [0.15, 0.2) is 54.9 Å². The van der Waals surface area contributed by atoms with E-state index in [4.69, 9.17) is 0 Å². The summed E-state index contributed by atoms with van der Waals surface area (Å²) >= 11 is 3.71. The molecule has 4 heteroatoms. The maximum Gasteiger partial charge on any atom is 0.202 e. The van der Waals surface area contributed by atoms with Gasteiger partial charge in [0.2, 0.25) is 5.78 Å². The second kappa shape index (κ2) is 6.25. The second-order valence-electron chi connectivity index (χ2n) is 3.81. The monoisotopic (exact) mass is 381 g/mol. The maximum absolute atomic E-state index is 12.4. The first kappa shape index (κ1) is 14.1. The van der Waals surface area contributed by atoms with Crippen LogP contribution in [0.1, 0.15) is 16.6 Å². The zero-order valence-electron chi connectivity index (χ0n) is 10.4. The molecule has 0 atom stereocenters. The molecule has 0 saturated heterocycles. The highest BCUT2D eigenvalue weighted by molar-refractivity contribution is 14.1. The number of allylic oxidation sites excluding steroid dienone is 5. The molecule has 0 fully saturated rings. The van der Waals surface area contributed by atoms with E-state index in [0.29, 0.717) is 5.57 Å². The Morgan fingerprint density at radius 3 is 2.89 bits per heavy atom. The Labute approximate surface area is 129 Å². The molecular formula is C15H12INOS. The molecule has 0 aromatic carbocycles. The van der Waals surface area contributed by atoms with Crippen LogP contribution in [0.25, 0.3) is 10.1 Å². The third kappa shape index (κ3) is 3.01. The van der Waals surface area contributed by atoms with Crippen molar-refractivity contribution in [1.29, 1.82) is 0 Å². The van der Waals surface area contributed by atoms with Crippen LogP contribution in [0, 0.1) is 3.57 Å². The normalized spacial score (nSPS) is 12.2. The Morgan fingerprint density at radius 1 is 1.47 bits per heavy atom. The predicted molar refractivity (Wildman–Crippen MR) is 89.8 cm³/mol. The molecule has 2 rings (SSSR count). The average molecular weight is 381 g/mol. The number of fused-ring (bicyclic) bond motifs is 1. The summed E-state index contributed by atoms with van der Waals surface area (Å²) in [5, 5.41) is 1.09. The van der Waals surface area contributed by atoms with E-state index in [1.807, 2.05) is 19.1 Å². The summed E-state index contributed by atoms with van der Waals surface area (Å²) in [4.78, 5) is 17.3. The van der Waals surface area contributed by atoms with Crippen LogP contribution in [0.2, 0.25) is 0 Å². The van der Waals surface area contributed by atoms with Crippen LogP contribution in [0.5, 0.6) is 0 Å². The lowest BCUT2D eigenvalue weighted by Gasteiger charge is -1.96. The minimum atomic E-state index is 0.0394. The van der Waals surface area contributed by atoms with E-state index in [1.165, 1.54) is 11.3 Å². The molecule has 2 aromatic rings. The van der Waals surface area contributed by atoms with E-state index >= 15 is 0 Å². The number of Topliss-reactive ketones (excluding diaryl/α,β-unsaturated/α-hetero) is 1. The second-order valence-corrected chi connectivity index (χ2v) is 6.06. The van der Waals surface area contributed by atoms with Crippen molar-refractivity contribution in [3.63, 3.8) is 0 Å². The van der Waals surface area contributed by atoms with Crippen molar-refractivity contribution in [3.05, 3.63) is 63.4 Å². The van der Waals surface area contributed by atoms with Crippen molar-refractivity contribution < 1.29 is 4.79 Å². The lowest BCUT2D eigenvalue weighted by atomic mass is 10.1. The molecular weight excluding hydrogens is 369 g/mol. The van der Waals surface area contributed by atoms with Crippen molar-refractivity contribution in [1.82, 2.24) is 4.98 Å². The number of hydrogen-bond acceptors (Lipinski definition) is 3. The summed E-state index contributed by atoms with van der Waals surface area (Å²) in [7, 11) is 0. The zero-order valence-corrected chi connectivity index (χ0v) is 13.4. The van der Waals surface area contributed by atoms with Crippen LogP contribution in [0.3, 0.4) is 0 Å². The van der Waals surface area contributed by atoms with E-state index in [2.05, 4.69) is 34.2 Å². The first-order chi connectivity index (χ1) is 9.17. The number of nitrogens with zero attached hydrogens (tertiary/aromatic N) is 1. The van der Waals surface area contributed by atoms with Gasteiger partial charge in [-0.1, -0.05) is 30.9 Å². The summed E-state index contributed by atoms with van der Waals surface area (Å²) < 4.78 is 2.10. The van der Waals surface area contributed by atoms with Crippen LogP contribution >= 0.6 is 33.9 Å². The van der Waals surface area contributed by atoms with Crippen LogP contribution in [0.4, 0.5) is 0 Å². The Bertz CT molecular complexity index is 697. The van der Waals surface area contributed by atoms with Crippen molar-refractivity contribution in [2.75, 3.05) is 0 Å². The molecule has 0 bridgehead atoms. The van der Waals surface area contributed by atoms with E-state index < -0.39 is 0 Å². The first-order valence-electron chi connectivity index (χ1n) is 5.70. The highest BCUT2D eigenvalue weighted by Crippen LogP contribution is 2.29. The largest absolute Gasteiger partial charge is 0.288 e. The molecule has 0 unspecified atom stereocenters. The molecule has 2 aromatic heterocycles. The number of thiophene rings is 1. The smallest absolute Gasteiger partial charge is 0.202 e. The Hall–Kier alpha value is -1.27. The fraction of sp³-hybridized carbons (Fsp3) is 0.0667. The molecule has 0 aliphatic carbocycles. The number of aromatic nitrogens is 1. The number of carbonyl (C=O) groups excluding carboxylic acids is 1. The SMILES string of the molecule is C=C/C=C\C(=C/C)C(=O)c1cc2c(I)cncc2s1. The van der Waals surface area contributed by atoms with Gasteiger partial charge in [0, 0.05) is 26.9 Å². The van der Waals surface area contributed by atoms with Gasteiger partial charge in [-0.3, -0.25) is 9.78 Å². The molecule has 2 nitrogen and oxygen atoms in total. The average Bonchev–Trinajstić information content (AvgIpc) is 2.85. The van der Waals surface area contributed by atoms with Crippen LogP contribution < -0.4 is 0 Å². The summed E-state index contributed by atoms with van der Waals surface area (Å²) in [5.41, 5.74) is 0.675. The van der Waals surface area contributed by atoms with Gasteiger partial charge in [0.05, 0.1) is 9.58 Å². The van der Waals surface area contributed by atoms with Gasteiger partial charge in [0.25, 0.3) is 0 Å². The van der Waals surface area contributed by atoms with Crippen molar-refractivity contribution in [3.8, 4) is 0 Å². The van der Waals surface area contributed by atoms with Crippen LogP contribution in [-0.4, -0.2) is 10.8 Å². The minimum Gasteiger partial charge on any atom is -0.288 e. The van der Waals surface area contributed by atoms with Crippen LogP contribution in [-0.2, 0) is 0 Å². The van der Waals surface area contributed by atoms with Gasteiger partial charge in [-0.25, -0.2) is 0 Å². The number of halogens is 1. The first-order valence-corrected chi connectivity index (χ1v) is 7.60. The van der Waals surface area contributed by atoms with Gasteiger partial charge in [-0.15, -0.1) is 11.3 Å². The lowest BCUT2D eigenvalue weighted by molar-refractivity contribution is 0.104. The Kier molecular flexibility index (Phi) is 4.66. The third-order valence-electron chi connectivity index (χ3n) is 2.61. The molecule has 0 N–H and O–H groups in total. The van der Waals surface area contributed by atoms with Gasteiger partial charge >= 0.3 is 0 Å². The summed E-state index contributed by atoms with van der Waals surface area (Å²) in [6.45, 7) is 5.47. The molecule has 96 valence electrons. The van der Waals surface area contributed by atoms with Crippen molar-refractivity contribution in [2.24, 2.45) is 0 Å². The summed E-state index contributed by atoms with van der Waals surface area (Å²) in [6, 6.07) is 1.94. The molecule has 0 aliphatic rings. The molecule has 0 amide bonds. The number of hydrogen-bond donors (Lipinski definition) is 0. The highest BCUT2D eigenvalue weighted by atomic mass is 127. The quantitative estimate of drug-likeness (QED) is 0.331. The summed E-state index contributed by atoms with van der Waals surface area (Å²) in [5.74, 6) is 0.0394. The van der Waals surface area contributed by atoms with Gasteiger partial charge in [-0.2, -0.15) is 0 Å². The van der Waals surface area contributed by atoms with Crippen molar-refractivity contribution in [2.45, 2.75) is 6.92 Å². The van der Waals surface area contributed by atoms with Crippen molar-refractivity contribution >= 4 is 49.8 Å². The molecule has 19 heavy (non-hydrogen) atoms. The number of ketones is 1. The van der Waals surface area contributed by atoms with E-state index in [-0.39, 0.29) is 5.78 Å². The standard InChI is InChI=1S/C15H12INOS/c1-3-5-6-10(4-2)15(18)13-7-11-12(16)8-17-9-14(11)19-13/h3-9H,1H2,2H3/b6-5-,10-4+. The molecule has 0 aliphatic heterocycles. The number of pyridine rings is 1. The lowest BCUT2D eigenvalue weighted by Crippen LogP contribution is -1.98. The molecule has 2 heterocycles. The highest BCUT2D eigenvalue weighted by Gasteiger charge is 2.14. The van der Waals surface area contributed by atoms with E-state index in [1.54, 1.807) is 30.6 Å². The zero-order chi connectivity index (χ0) is 13.8. The topological polar surface area (TPSA) is 30.0 Å².